The lowest BCUT2D eigenvalue weighted by atomic mass is 10.0. The maximum Gasteiger partial charge on any atom is 0.321 e. The Hall–Kier alpha value is -2.40. The number of carbonyl (C=O) groups is 1. The molecule has 4 rings (SSSR count). The molecule has 2 amide bonds. The Bertz CT molecular complexity index is 704. The van der Waals surface area contributed by atoms with Crippen LogP contribution in [0.3, 0.4) is 0 Å². The van der Waals surface area contributed by atoms with E-state index in [1.165, 1.54) is 5.56 Å². The number of hydrogen-bond acceptors (Lipinski definition) is 3. The van der Waals surface area contributed by atoms with Crippen molar-refractivity contribution < 1.29 is 4.79 Å². The molecule has 2 atom stereocenters. The number of pyridine rings is 1. The van der Waals surface area contributed by atoms with E-state index in [0.717, 1.165) is 50.4 Å². The van der Waals surface area contributed by atoms with Crippen molar-refractivity contribution in [2.75, 3.05) is 31.5 Å². The highest BCUT2D eigenvalue weighted by Gasteiger charge is 2.38. The van der Waals surface area contributed by atoms with Gasteiger partial charge in [-0.2, -0.15) is 0 Å². The number of benzene rings is 1. The van der Waals surface area contributed by atoms with Crippen LogP contribution in [0.5, 0.6) is 0 Å². The second-order valence-electron chi connectivity index (χ2n) is 7.03. The minimum absolute atomic E-state index is 0.0237. The molecule has 0 radical (unpaired) electrons. The van der Waals surface area contributed by atoms with Gasteiger partial charge in [0.25, 0.3) is 0 Å². The molecule has 130 valence electrons. The van der Waals surface area contributed by atoms with Gasteiger partial charge >= 0.3 is 6.03 Å². The lowest BCUT2D eigenvalue weighted by Gasteiger charge is -2.18. The Balaban J connectivity index is 1.29. The highest BCUT2D eigenvalue weighted by Crippen LogP contribution is 2.26. The van der Waals surface area contributed by atoms with Crippen LogP contribution < -0.4 is 10.6 Å². The lowest BCUT2D eigenvalue weighted by Crippen LogP contribution is -2.35. The molecule has 2 fully saturated rings. The summed E-state index contributed by atoms with van der Waals surface area (Å²) in [5.74, 6) is 1.25. The molecule has 1 aromatic heterocycles. The van der Waals surface area contributed by atoms with Crippen LogP contribution in [0.1, 0.15) is 11.3 Å². The van der Waals surface area contributed by atoms with E-state index in [9.17, 15) is 4.79 Å². The average Bonchev–Trinajstić information content (AvgIpc) is 3.24. The zero-order chi connectivity index (χ0) is 17.1. The van der Waals surface area contributed by atoms with Crippen LogP contribution in [0.25, 0.3) is 0 Å². The second kappa shape index (κ2) is 7.23. The summed E-state index contributed by atoms with van der Waals surface area (Å²) in [5, 5.41) is 6.43. The molecule has 0 bridgehead atoms. The molecular weight excluding hydrogens is 312 g/mol. The summed E-state index contributed by atoms with van der Waals surface area (Å²) < 4.78 is 0. The third-order valence-electron chi connectivity index (χ3n) is 5.28. The summed E-state index contributed by atoms with van der Waals surface area (Å²) in [4.78, 5) is 18.7. The summed E-state index contributed by atoms with van der Waals surface area (Å²) >= 11 is 0. The molecule has 2 saturated heterocycles. The highest BCUT2D eigenvalue weighted by molar-refractivity contribution is 5.89. The van der Waals surface area contributed by atoms with Crippen molar-refractivity contribution in [1.29, 1.82) is 0 Å². The number of nitrogens with one attached hydrogen (secondary N) is 2. The zero-order valence-corrected chi connectivity index (χ0v) is 14.3. The molecule has 0 saturated carbocycles. The summed E-state index contributed by atoms with van der Waals surface area (Å²) in [7, 11) is 0. The van der Waals surface area contributed by atoms with Gasteiger partial charge in [-0.05, 0) is 54.5 Å². The van der Waals surface area contributed by atoms with Gasteiger partial charge in [-0.3, -0.25) is 4.98 Å². The topological polar surface area (TPSA) is 57.3 Å². The van der Waals surface area contributed by atoms with Crippen LogP contribution in [0, 0.1) is 11.8 Å². The van der Waals surface area contributed by atoms with Crippen LogP contribution in [0.15, 0.2) is 48.7 Å². The first-order chi connectivity index (χ1) is 12.3. The van der Waals surface area contributed by atoms with E-state index in [-0.39, 0.29) is 6.03 Å². The van der Waals surface area contributed by atoms with Gasteiger partial charge in [-0.1, -0.05) is 18.2 Å². The maximum atomic E-state index is 12.4. The number of nitrogens with zero attached hydrogens (tertiary/aromatic N) is 2. The fourth-order valence-electron chi connectivity index (χ4n) is 3.80. The SMILES string of the molecule is O=C(Nc1ccc(CCc2ccccn2)cc1)N1C[C@H]2CNC[C@H]2C1. The van der Waals surface area contributed by atoms with Crippen molar-refractivity contribution >= 4 is 11.7 Å². The fraction of sp³-hybridized carbons (Fsp3) is 0.400. The Kier molecular flexibility index (Phi) is 4.65. The van der Waals surface area contributed by atoms with Crippen molar-refractivity contribution in [2.24, 2.45) is 11.8 Å². The second-order valence-corrected chi connectivity index (χ2v) is 7.03. The van der Waals surface area contributed by atoms with Gasteiger partial charge in [-0.25, -0.2) is 4.79 Å². The van der Waals surface area contributed by atoms with Crippen molar-refractivity contribution in [1.82, 2.24) is 15.2 Å². The molecule has 2 aliphatic rings. The smallest absolute Gasteiger partial charge is 0.321 e. The molecule has 5 nitrogen and oxygen atoms in total. The third kappa shape index (κ3) is 3.82. The molecule has 0 aliphatic carbocycles. The van der Waals surface area contributed by atoms with E-state index in [1.54, 1.807) is 0 Å². The van der Waals surface area contributed by atoms with E-state index in [2.05, 4.69) is 33.8 Å². The van der Waals surface area contributed by atoms with E-state index < -0.39 is 0 Å². The largest absolute Gasteiger partial charge is 0.324 e. The highest BCUT2D eigenvalue weighted by atomic mass is 16.2. The number of urea groups is 1. The molecule has 0 spiro atoms. The number of aryl methyl sites for hydroxylation is 2. The Labute approximate surface area is 148 Å². The summed E-state index contributed by atoms with van der Waals surface area (Å²) in [5.41, 5.74) is 3.22. The standard InChI is InChI=1S/C20H24N4O/c25-20(24-13-16-11-21-12-17(16)14-24)23-19-8-5-15(6-9-19)4-7-18-3-1-2-10-22-18/h1-3,5-6,8-10,16-17,21H,4,7,11-14H2,(H,23,25)/t16-,17+. The Morgan fingerprint density at radius 2 is 1.84 bits per heavy atom. The molecule has 2 aromatic rings. The van der Waals surface area contributed by atoms with Crippen LogP contribution in [0.4, 0.5) is 10.5 Å². The lowest BCUT2D eigenvalue weighted by molar-refractivity contribution is 0.219. The van der Waals surface area contributed by atoms with E-state index in [0.29, 0.717) is 11.8 Å². The molecule has 25 heavy (non-hydrogen) atoms. The van der Waals surface area contributed by atoms with Crippen LogP contribution >= 0.6 is 0 Å². The van der Waals surface area contributed by atoms with Gasteiger partial charge in [0, 0.05) is 43.8 Å². The molecule has 5 heteroatoms. The van der Waals surface area contributed by atoms with Gasteiger partial charge in [0.05, 0.1) is 0 Å². The number of amides is 2. The number of aromatic nitrogens is 1. The van der Waals surface area contributed by atoms with E-state index in [1.807, 2.05) is 35.4 Å². The van der Waals surface area contributed by atoms with Gasteiger partial charge in [0.15, 0.2) is 0 Å². The minimum atomic E-state index is 0.0237. The average molecular weight is 336 g/mol. The first kappa shape index (κ1) is 16.1. The fourth-order valence-corrected chi connectivity index (χ4v) is 3.80. The number of carbonyl (C=O) groups excluding carboxylic acids is 1. The molecule has 3 heterocycles. The number of anilines is 1. The number of rotatable bonds is 4. The summed E-state index contributed by atoms with van der Waals surface area (Å²) in [6.07, 6.45) is 3.71. The number of hydrogen-bond donors (Lipinski definition) is 2. The van der Waals surface area contributed by atoms with Crippen LogP contribution in [-0.2, 0) is 12.8 Å². The first-order valence-corrected chi connectivity index (χ1v) is 9.03. The van der Waals surface area contributed by atoms with Gasteiger partial charge in [-0.15, -0.1) is 0 Å². The minimum Gasteiger partial charge on any atom is -0.324 e. The summed E-state index contributed by atoms with van der Waals surface area (Å²) in [6, 6.07) is 14.2. The predicted octanol–water partition coefficient (Wildman–Crippen LogP) is 2.55. The van der Waals surface area contributed by atoms with Crippen molar-refractivity contribution in [3.05, 3.63) is 59.9 Å². The van der Waals surface area contributed by atoms with Crippen molar-refractivity contribution in [3.63, 3.8) is 0 Å². The van der Waals surface area contributed by atoms with Crippen LogP contribution in [-0.4, -0.2) is 42.1 Å². The number of fused-ring (bicyclic) bond motifs is 1. The third-order valence-corrected chi connectivity index (χ3v) is 5.28. The number of likely N-dealkylation sites (tertiary alicyclic amines) is 1. The van der Waals surface area contributed by atoms with E-state index in [4.69, 9.17) is 0 Å². The predicted molar refractivity (Wildman–Crippen MR) is 98.5 cm³/mol. The first-order valence-electron chi connectivity index (χ1n) is 9.03. The monoisotopic (exact) mass is 336 g/mol. The molecule has 2 aliphatic heterocycles. The van der Waals surface area contributed by atoms with E-state index >= 15 is 0 Å². The zero-order valence-electron chi connectivity index (χ0n) is 14.3. The van der Waals surface area contributed by atoms with Gasteiger partial charge in [0.2, 0.25) is 0 Å². The van der Waals surface area contributed by atoms with Crippen LogP contribution in [0.2, 0.25) is 0 Å². The Morgan fingerprint density at radius 1 is 1.08 bits per heavy atom. The maximum absolute atomic E-state index is 12.4. The van der Waals surface area contributed by atoms with Gasteiger partial charge < -0.3 is 15.5 Å². The normalized spacial score (nSPS) is 22.0. The van der Waals surface area contributed by atoms with Gasteiger partial charge in [0.1, 0.15) is 0 Å². The molecular formula is C20H24N4O. The molecule has 0 unspecified atom stereocenters. The summed E-state index contributed by atoms with van der Waals surface area (Å²) in [6.45, 7) is 3.82. The van der Waals surface area contributed by atoms with Crippen molar-refractivity contribution in [2.45, 2.75) is 12.8 Å². The molecule has 2 N–H and O–H groups in total. The quantitative estimate of drug-likeness (QED) is 0.902. The molecule has 1 aromatic carbocycles. The Morgan fingerprint density at radius 3 is 2.52 bits per heavy atom. The van der Waals surface area contributed by atoms with Crippen molar-refractivity contribution in [3.8, 4) is 0 Å².